The van der Waals surface area contributed by atoms with Crippen molar-refractivity contribution in [1.29, 1.82) is 0 Å². The summed E-state index contributed by atoms with van der Waals surface area (Å²) in [6, 6.07) is 4.09. The molecule has 0 radical (unpaired) electrons. The lowest BCUT2D eigenvalue weighted by molar-refractivity contribution is -0.140. The van der Waals surface area contributed by atoms with Gasteiger partial charge in [0.25, 0.3) is 5.91 Å². The SMILES string of the molecule is CC(=O)NN.[C-]#[N+]c1ccc(N[C@@H](C(=O)NNC(C)=O)[C@H](C)O)c(C)c1Cl.[C-]#[N+]c1ccc(N[C@@H](C(=O)O)[C@H](C)O)c(C)c1Cl. The lowest BCUT2D eigenvalue weighted by Crippen LogP contribution is -2.51. The number of aliphatic carboxylic acids is 1. The number of carboxylic acid groups (broad SMARTS) is 1. The van der Waals surface area contributed by atoms with Crippen LogP contribution in [0, 0.1) is 27.0 Å². The third kappa shape index (κ3) is 13.3. The number of anilines is 2. The second-order valence-corrected chi connectivity index (χ2v) is 10.1. The fourth-order valence-electron chi connectivity index (χ4n) is 3.18. The Kier molecular flexibility index (Phi) is 17.6. The van der Waals surface area contributed by atoms with Crippen LogP contribution in [-0.4, -0.2) is 63.3 Å². The van der Waals surface area contributed by atoms with Crippen LogP contribution in [0.1, 0.15) is 38.8 Å². The average molecular weight is 668 g/mol. The van der Waals surface area contributed by atoms with E-state index in [-0.39, 0.29) is 16.0 Å². The van der Waals surface area contributed by atoms with Crippen molar-refractivity contribution in [2.24, 2.45) is 5.84 Å². The van der Waals surface area contributed by atoms with Gasteiger partial charge in [-0.15, -0.1) is 0 Å². The molecule has 0 saturated heterocycles. The fourth-order valence-corrected chi connectivity index (χ4v) is 3.60. The fraction of sp³-hybridized carbons (Fsp3) is 0.357. The predicted octanol–water partition coefficient (Wildman–Crippen LogP) is 2.97. The average Bonchev–Trinajstić information content (AvgIpc) is 2.97. The highest BCUT2D eigenvalue weighted by atomic mass is 35.5. The molecule has 0 aliphatic heterocycles. The van der Waals surface area contributed by atoms with Crippen molar-refractivity contribution < 1.29 is 34.5 Å². The highest BCUT2D eigenvalue weighted by molar-refractivity contribution is 6.34. The number of nitrogens with zero attached hydrogens (tertiary/aromatic N) is 2. The number of benzene rings is 2. The Morgan fingerprint density at radius 3 is 1.44 bits per heavy atom. The summed E-state index contributed by atoms with van der Waals surface area (Å²) in [5.41, 5.74) is 9.03. The zero-order valence-corrected chi connectivity index (χ0v) is 26.8. The van der Waals surface area contributed by atoms with E-state index >= 15 is 0 Å². The summed E-state index contributed by atoms with van der Waals surface area (Å²) < 4.78 is 0. The van der Waals surface area contributed by atoms with E-state index in [1.54, 1.807) is 26.0 Å². The highest BCUT2D eigenvalue weighted by Crippen LogP contribution is 2.34. The van der Waals surface area contributed by atoms with Crippen LogP contribution in [0.3, 0.4) is 0 Å². The van der Waals surface area contributed by atoms with E-state index in [9.17, 15) is 29.4 Å². The second-order valence-electron chi connectivity index (χ2n) is 9.30. The van der Waals surface area contributed by atoms with Gasteiger partial charge in [-0.2, -0.15) is 0 Å². The number of aliphatic hydroxyl groups excluding tert-OH is 2. The molecular formula is C28H36Cl2N8O7. The minimum atomic E-state index is -1.16. The van der Waals surface area contributed by atoms with Crippen molar-refractivity contribution in [1.82, 2.24) is 16.3 Å². The van der Waals surface area contributed by atoms with Gasteiger partial charge in [0.2, 0.25) is 23.2 Å². The number of carbonyl (C=O) groups excluding carboxylic acids is 3. The van der Waals surface area contributed by atoms with Crippen LogP contribution in [0.25, 0.3) is 9.69 Å². The largest absolute Gasteiger partial charge is 0.480 e. The van der Waals surface area contributed by atoms with Crippen LogP contribution < -0.4 is 32.8 Å². The number of hydrogen-bond acceptors (Lipinski definition) is 9. The molecule has 0 aromatic heterocycles. The second kappa shape index (κ2) is 19.6. The maximum atomic E-state index is 12.0. The van der Waals surface area contributed by atoms with Crippen molar-refractivity contribution in [3.8, 4) is 0 Å². The van der Waals surface area contributed by atoms with E-state index in [2.05, 4.69) is 37.0 Å². The minimum Gasteiger partial charge on any atom is -0.480 e. The molecule has 4 atom stereocenters. The lowest BCUT2D eigenvalue weighted by Gasteiger charge is -2.23. The molecule has 3 amide bonds. The summed E-state index contributed by atoms with van der Waals surface area (Å²) in [4.78, 5) is 49.9. The first-order chi connectivity index (χ1) is 20.9. The Labute approximate surface area is 270 Å². The molecule has 0 saturated carbocycles. The smallest absolute Gasteiger partial charge is 0.328 e. The topological polar surface area (TPSA) is 224 Å². The number of halogens is 2. The van der Waals surface area contributed by atoms with Crippen molar-refractivity contribution >= 4 is 69.6 Å². The molecule has 0 spiro atoms. The number of nitrogens with two attached hydrogens (primary N) is 1. The van der Waals surface area contributed by atoms with Gasteiger partial charge in [0.05, 0.1) is 35.4 Å². The van der Waals surface area contributed by atoms with Gasteiger partial charge in [-0.25, -0.2) is 20.3 Å². The first-order valence-electron chi connectivity index (χ1n) is 12.9. The number of rotatable bonds is 8. The van der Waals surface area contributed by atoms with Gasteiger partial charge in [-0.1, -0.05) is 35.3 Å². The zero-order valence-electron chi connectivity index (χ0n) is 25.3. The van der Waals surface area contributed by atoms with E-state index < -0.39 is 42.1 Å². The van der Waals surface area contributed by atoms with Crippen LogP contribution in [-0.2, 0) is 19.2 Å². The van der Waals surface area contributed by atoms with E-state index in [0.29, 0.717) is 33.9 Å². The standard InChI is InChI=1S/C14H17ClN4O3.C12H13ClN2O3.C2H6N2O/c1-7-10(5-6-11(16-4)12(7)15)17-13(8(2)20)14(22)19-18-9(3)21;1-6-8(4-5-9(14-3)10(6)13)15-11(7(2)16)12(17)18;1-2(5)4-3/h5-6,8,13,17,20H,1-3H3,(H,18,21)(H,19,22);4-5,7,11,15-16H,1-2H3,(H,17,18);3H2,1H3,(H,4,5)/t8-,13+;7-,11+;/m00./s1. The highest BCUT2D eigenvalue weighted by Gasteiger charge is 2.25. The molecule has 2 aromatic carbocycles. The summed E-state index contributed by atoms with van der Waals surface area (Å²) in [5, 5.41) is 34.2. The number of hydrazine groups is 2. The molecule has 0 heterocycles. The molecule has 0 aliphatic rings. The van der Waals surface area contributed by atoms with Crippen LogP contribution in [0.15, 0.2) is 24.3 Å². The molecule has 0 unspecified atom stereocenters. The molecule has 17 heteroatoms. The Hall–Kier alpha value is -4.64. The Bertz CT molecular complexity index is 1460. The van der Waals surface area contributed by atoms with Gasteiger partial charge in [0.1, 0.15) is 6.04 Å². The van der Waals surface area contributed by atoms with Crippen molar-refractivity contribution in [2.75, 3.05) is 10.6 Å². The molecule has 0 aliphatic carbocycles. The molecular weight excluding hydrogens is 631 g/mol. The number of carbonyl (C=O) groups is 4. The summed E-state index contributed by atoms with van der Waals surface area (Å²) >= 11 is 12.0. The van der Waals surface area contributed by atoms with E-state index in [1.807, 2.05) is 5.43 Å². The Morgan fingerprint density at radius 2 is 1.16 bits per heavy atom. The maximum absolute atomic E-state index is 12.0. The lowest BCUT2D eigenvalue weighted by atomic mass is 10.1. The van der Waals surface area contributed by atoms with Crippen LogP contribution >= 0.6 is 23.2 Å². The molecule has 10 N–H and O–H groups in total. The molecule has 15 nitrogen and oxygen atoms in total. The predicted molar refractivity (Wildman–Crippen MR) is 171 cm³/mol. The number of hydrogen-bond donors (Lipinski definition) is 9. The van der Waals surface area contributed by atoms with E-state index in [1.165, 1.54) is 39.8 Å². The number of carboxylic acids is 1. The van der Waals surface area contributed by atoms with Gasteiger partial charge >= 0.3 is 5.97 Å². The molecule has 0 fully saturated rings. The van der Waals surface area contributed by atoms with E-state index in [4.69, 9.17) is 41.5 Å². The zero-order chi connectivity index (χ0) is 35.0. The molecule has 45 heavy (non-hydrogen) atoms. The summed E-state index contributed by atoms with van der Waals surface area (Å²) in [5.74, 6) is 2.16. The van der Waals surface area contributed by atoms with Gasteiger partial charge < -0.3 is 26.0 Å². The quantitative estimate of drug-likeness (QED) is 0.0866. The Balaban J connectivity index is 0.000000758. The van der Waals surface area contributed by atoms with Gasteiger partial charge in [-0.05, 0) is 51.0 Å². The van der Waals surface area contributed by atoms with Crippen molar-refractivity contribution in [2.45, 2.75) is 65.8 Å². The number of nitrogens with one attached hydrogen (secondary N) is 5. The third-order valence-electron chi connectivity index (χ3n) is 5.67. The van der Waals surface area contributed by atoms with Crippen LogP contribution in [0.5, 0.6) is 0 Å². The summed E-state index contributed by atoms with van der Waals surface area (Å²) in [6.45, 7) is 22.7. The summed E-state index contributed by atoms with van der Waals surface area (Å²) in [7, 11) is 0. The number of aliphatic hydroxyl groups is 2. The number of amides is 3. The third-order valence-corrected chi connectivity index (χ3v) is 6.63. The first-order valence-corrected chi connectivity index (χ1v) is 13.7. The monoisotopic (exact) mass is 666 g/mol. The van der Waals surface area contributed by atoms with Crippen LogP contribution in [0.2, 0.25) is 10.0 Å². The minimum absolute atomic E-state index is 0.218. The molecule has 2 aromatic rings. The first kappa shape index (κ1) is 40.4. The Morgan fingerprint density at radius 1 is 0.778 bits per heavy atom. The van der Waals surface area contributed by atoms with Gasteiger partial charge in [-0.3, -0.25) is 30.7 Å². The molecule has 2 rings (SSSR count). The van der Waals surface area contributed by atoms with E-state index in [0.717, 1.165) is 0 Å². The van der Waals surface area contributed by atoms with Crippen LogP contribution in [0.4, 0.5) is 22.7 Å². The summed E-state index contributed by atoms with van der Waals surface area (Å²) in [6.07, 6.45) is -2.08. The van der Waals surface area contributed by atoms with Crippen molar-refractivity contribution in [3.63, 3.8) is 0 Å². The van der Waals surface area contributed by atoms with Gasteiger partial charge in [0.15, 0.2) is 6.04 Å². The van der Waals surface area contributed by atoms with Crippen molar-refractivity contribution in [3.05, 3.63) is 68.3 Å². The normalized spacial score (nSPS) is 12.4. The van der Waals surface area contributed by atoms with Gasteiger partial charge in [0, 0.05) is 25.2 Å². The molecule has 244 valence electrons. The maximum Gasteiger partial charge on any atom is 0.328 e. The molecule has 0 bridgehead atoms.